The van der Waals surface area contributed by atoms with Gasteiger partial charge in [0.25, 0.3) is 0 Å². The molecule has 0 bridgehead atoms. The Kier molecular flexibility index (Phi) is 6.25. The molecule has 2 aromatic rings. The molecular formula is C24H29N3O7S2. The van der Waals surface area contributed by atoms with Crippen LogP contribution in [0.1, 0.15) is 44.7 Å². The van der Waals surface area contributed by atoms with Crippen molar-refractivity contribution in [3.8, 4) is 0 Å². The van der Waals surface area contributed by atoms with Crippen molar-refractivity contribution in [1.29, 1.82) is 0 Å². The average molecular weight is 536 g/mol. The fourth-order valence-electron chi connectivity index (χ4n) is 4.21. The largest absolute Gasteiger partial charge is 0.506 e. The highest BCUT2D eigenvalue weighted by atomic mass is 32.3. The molecule has 0 aromatic heterocycles. The van der Waals surface area contributed by atoms with Crippen molar-refractivity contribution in [3.05, 3.63) is 59.2 Å². The van der Waals surface area contributed by atoms with Crippen LogP contribution < -0.4 is 10.0 Å². The summed E-state index contributed by atoms with van der Waals surface area (Å²) < 4.78 is 51.0. The van der Waals surface area contributed by atoms with E-state index in [1.165, 1.54) is 18.2 Å². The SMILES string of the molecule is CC(C)(C)CCC1(O)C(=O)C(C2=NS(O)(O)c3cc(NS(C)(=O)=O)ccc3N2)=C(O)c2ccccc21. The maximum absolute atomic E-state index is 13.8. The molecule has 0 saturated carbocycles. The van der Waals surface area contributed by atoms with E-state index in [9.17, 15) is 32.5 Å². The number of Topliss-reactive ketones (excluding diaryl/α,β-unsaturated/α-hetero) is 1. The molecule has 0 fully saturated rings. The van der Waals surface area contributed by atoms with Crippen molar-refractivity contribution in [1.82, 2.24) is 0 Å². The van der Waals surface area contributed by atoms with Crippen molar-refractivity contribution in [3.63, 3.8) is 0 Å². The number of nitrogens with one attached hydrogen (secondary N) is 2. The number of benzene rings is 2. The van der Waals surface area contributed by atoms with E-state index in [4.69, 9.17) is 0 Å². The lowest BCUT2D eigenvalue weighted by atomic mass is 9.72. The zero-order valence-electron chi connectivity index (χ0n) is 20.2. The van der Waals surface area contributed by atoms with Crippen molar-refractivity contribution in [2.75, 3.05) is 16.3 Å². The van der Waals surface area contributed by atoms with Crippen molar-refractivity contribution >= 4 is 49.6 Å². The van der Waals surface area contributed by atoms with E-state index >= 15 is 0 Å². The molecular weight excluding hydrogens is 506 g/mol. The summed E-state index contributed by atoms with van der Waals surface area (Å²) in [5.74, 6) is -1.57. The van der Waals surface area contributed by atoms with Crippen LogP contribution >= 0.6 is 10.8 Å². The summed E-state index contributed by atoms with van der Waals surface area (Å²) in [7, 11) is -7.52. The van der Waals surface area contributed by atoms with Gasteiger partial charge in [-0.25, -0.2) is 8.42 Å². The lowest BCUT2D eigenvalue weighted by molar-refractivity contribution is -0.135. The molecule has 6 N–H and O–H groups in total. The van der Waals surface area contributed by atoms with Gasteiger partial charge in [-0.05, 0) is 36.5 Å². The van der Waals surface area contributed by atoms with Crippen molar-refractivity contribution < 1.29 is 32.5 Å². The van der Waals surface area contributed by atoms with E-state index in [1.54, 1.807) is 24.3 Å². The number of hydrogen-bond donors (Lipinski definition) is 6. The van der Waals surface area contributed by atoms with E-state index in [0.717, 1.165) is 6.26 Å². The molecule has 1 atom stereocenters. The molecule has 10 nitrogen and oxygen atoms in total. The van der Waals surface area contributed by atoms with Gasteiger partial charge in [-0.3, -0.25) is 18.6 Å². The fourth-order valence-corrected chi connectivity index (χ4v) is 5.95. The first-order chi connectivity index (χ1) is 16.5. The Morgan fingerprint density at radius 3 is 2.44 bits per heavy atom. The standard InChI is InChI=1S/C24H29N3O7S2/c1-23(2,3)11-12-24(30)16-8-6-5-7-15(16)20(28)19(21(24)29)22-25-17-10-9-14(26-35(4,31)32)13-18(17)36(33,34)27-22/h5-10,13,26,28,30,33-34H,11-12H2,1-4H3,(H,25,27). The number of carbonyl (C=O) groups excluding carboxylic acids is 1. The Balaban J connectivity index is 1.82. The van der Waals surface area contributed by atoms with Gasteiger partial charge >= 0.3 is 0 Å². The molecule has 1 aliphatic heterocycles. The number of sulfonamides is 1. The number of hydrogen-bond acceptors (Lipinski definition) is 9. The maximum atomic E-state index is 13.8. The first-order valence-corrected chi connectivity index (χ1v) is 14.5. The number of aliphatic hydroxyl groups excluding tert-OH is 1. The van der Waals surface area contributed by atoms with Crippen LogP contribution in [0.25, 0.3) is 5.76 Å². The predicted octanol–water partition coefficient (Wildman–Crippen LogP) is 4.47. The van der Waals surface area contributed by atoms with E-state index in [2.05, 4.69) is 14.4 Å². The minimum atomic E-state index is -3.90. The number of fused-ring (bicyclic) bond motifs is 2. The summed E-state index contributed by atoms with van der Waals surface area (Å²) in [6, 6.07) is 10.5. The summed E-state index contributed by atoms with van der Waals surface area (Å²) >= 11 is 0. The minimum absolute atomic E-state index is 0.0732. The van der Waals surface area contributed by atoms with Crippen LogP contribution in [0.4, 0.5) is 11.4 Å². The zero-order chi connectivity index (χ0) is 26.7. The second-order valence-electron chi connectivity index (χ2n) is 10.2. The van der Waals surface area contributed by atoms with Crippen LogP contribution in [0.5, 0.6) is 0 Å². The maximum Gasteiger partial charge on any atom is 0.229 e. The predicted molar refractivity (Wildman–Crippen MR) is 141 cm³/mol. The Morgan fingerprint density at radius 1 is 1.14 bits per heavy atom. The molecule has 1 unspecified atom stereocenters. The van der Waals surface area contributed by atoms with Gasteiger partial charge < -0.3 is 15.5 Å². The number of ketones is 1. The van der Waals surface area contributed by atoms with E-state index in [1.807, 2.05) is 20.8 Å². The van der Waals surface area contributed by atoms with Crippen LogP contribution in [-0.4, -0.2) is 45.6 Å². The van der Waals surface area contributed by atoms with Crippen LogP contribution in [-0.2, 0) is 20.4 Å². The third kappa shape index (κ3) is 4.87. The normalized spacial score (nSPS) is 22.2. The second kappa shape index (κ2) is 8.60. The van der Waals surface area contributed by atoms with E-state index in [-0.39, 0.29) is 50.6 Å². The van der Waals surface area contributed by atoms with Gasteiger partial charge in [0.15, 0.2) is 11.4 Å². The molecule has 36 heavy (non-hydrogen) atoms. The number of carbonyl (C=O) groups is 1. The Hall–Kier alpha value is -2.90. The zero-order valence-corrected chi connectivity index (χ0v) is 21.9. The van der Waals surface area contributed by atoms with Gasteiger partial charge in [0.2, 0.25) is 15.8 Å². The Labute approximate surface area is 211 Å². The third-order valence-corrected chi connectivity index (χ3v) is 7.96. The van der Waals surface area contributed by atoms with Crippen molar-refractivity contribution in [2.45, 2.75) is 44.1 Å². The lowest BCUT2D eigenvalue weighted by Gasteiger charge is -2.38. The number of anilines is 2. The number of amidine groups is 1. The summed E-state index contributed by atoms with van der Waals surface area (Å²) in [5, 5.41) is 25.6. The number of aliphatic hydroxyl groups is 2. The van der Waals surface area contributed by atoms with Crippen LogP contribution in [0, 0.1) is 5.41 Å². The summed E-state index contributed by atoms with van der Waals surface area (Å²) in [5.41, 5.74) is -1.77. The molecule has 12 heteroatoms. The van der Waals surface area contributed by atoms with Gasteiger partial charge in [-0.1, -0.05) is 55.8 Å². The summed E-state index contributed by atoms with van der Waals surface area (Å²) in [4.78, 5) is 13.7. The molecule has 1 aliphatic carbocycles. The summed E-state index contributed by atoms with van der Waals surface area (Å²) in [6.07, 6.45) is 1.52. The Morgan fingerprint density at radius 2 is 1.81 bits per heavy atom. The highest BCUT2D eigenvalue weighted by molar-refractivity contribution is 8.23. The average Bonchev–Trinajstić information content (AvgIpc) is 2.75. The van der Waals surface area contributed by atoms with Gasteiger partial charge in [0.1, 0.15) is 16.2 Å². The second-order valence-corrected chi connectivity index (χ2v) is 13.6. The molecule has 194 valence electrons. The molecule has 1 heterocycles. The minimum Gasteiger partial charge on any atom is -0.506 e. The van der Waals surface area contributed by atoms with Gasteiger partial charge in [0, 0.05) is 11.1 Å². The number of nitrogens with zero attached hydrogens (tertiary/aromatic N) is 1. The summed E-state index contributed by atoms with van der Waals surface area (Å²) in [6.45, 7) is 5.95. The molecule has 0 radical (unpaired) electrons. The molecule has 0 saturated heterocycles. The highest BCUT2D eigenvalue weighted by Gasteiger charge is 2.48. The molecule has 2 aliphatic rings. The van der Waals surface area contributed by atoms with E-state index < -0.39 is 37.9 Å². The lowest BCUT2D eigenvalue weighted by Crippen LogP contribution is -2.44. The third-order valence-electron chi connectivity index (χ3n) is 5.99. The van der Waals surface area contributed by atoms with E-state index in [0.29, 0.717) is 6.42 Å². The smallest absolute Gasteiger partial charge is 0.229 e. The quantitative estimate of drug-likeness (QED) is 0.326. The first-order valence-electron chi connectivity index (χ1n) is 11.1. The molecule has 4 rings (SSSR count). The molecule has 0 amide bonds. The Bertz CT molecular complexity index is 1430. The number of rotatable bonds is 5. The topological polar surface area (TPSA) is 169 Å². The van der Waals surface area contributed by atoms with Gasteiger partial charge in [-0.15, -0.1) is 4.40 Å². The molecule has 0 spiro atoms. The van der Waals surface area contributed by atoms with Crippen LogP contribution in [0.2, 0.25) is 0 Å². The van der Waals surface area contributed by atoms with Gasteiger partial charge in [0.05, 0.1) is 17.6 Å². The monoisotopic (exact) mass is 535 g/mol. The van der Waals surface area contributed by atoms with Gasteiger partial charge in [-0.2, -0.15) is 0 Å². The molecule has 2 aromatic carbocycles. The van der Waals surface area contributed by atoms with Crippen molar-refractivity contribution in [2.24, 2.45) is 9.81 Å². The van der Waals surface area contributed by atoms with Crippen LogP contribution in [0.15, 0.2) is 57.3 Å². The fraction of sp³-hybridized carbons (Fsp3) is 0.333. The first kappa shape index (κ1) is 26.2. The van der Waals surface area contributed by atoms with Crippen LogP contribution in [0.3, 0.4) is 0 Å². The highest BCUT2D eigenvalue weighted by Crippen LogP contribution is 2.57.